The first kappa shape index (κ1) is 20.5. The van der Waals surface area contributed by atoms with Gasteiger partial charge in [0.1, 0.15) is 11.6 Å². The zero-order valence-electron chi connectivity index (χ0n) is 17.3. The number of nitrogens with one attached hydrogen (secondary N) is 1. The van der Waals surface area contributed by atoms with Crippen LogP contribution in [-0.2, 0) is 4.79 Å². The molecule has 2 aromatic heterocycles. The summed E-state index contributed by atoms with van der Waals surface area (Å²) >= 11 is 0. The summed E-state index contributed by atoms with van der Waals surface area (Å²) in [5, 5.41) is 2.85. The molecule has 0 unspecified atom stereocenters. The van der Waals surface area contributed by atoms with E-state index in [2.05, 4.69) is 22.2 Å². The van der Waals surface area contributed by atoms with Gasteiger partial charge in [0.2, 0.25) is 11.8 Å². The second kappa shape index (κ2) is 8.95. The van der Waals surface area contributed by atoms with Crippen molar-refractivity contribution in [2.75, 3.05) is 11.9 Å². The lowest BCUT2D eigenvalue weighted by molar-refractivity contribution is -0.117. The first-order valence-electron chi connectivity index (χ1n) is 10.4. The average molecular weight is 416 g/mol. The number of primary amides is 1. The van der Waals surface area contributed by atoms with Crippen LogP contribution in [0, 0.1) is 5.92 Å². The molecule has 0 aliphatic heterocycles. The minimum atomic E-state index is -0.601. The van der Waals surface area contributed by atoms with Gasteiger partial charge in [-0.3, -0.25) is 14.6 Å². The van der Waals surface area contributed by atoms with Gasteiger partial charge in [-0.1, -0.05) is 25.1 Å². The zero-order chi connectivity index (χ0) is 21.8. The first-order chi connectivity index (χ1) is 15.1. The van der Waals surface area contributed by atoms with E-state index >= 15 is 0 Å². The molecule has 1 aliphatic rings. The van der Waals surface area contributed by atoms with Gasteiger partial charge in [0.25, 0.3) is 0 Å². The predicted octanol–water partition coefficient (Wildman–Crippen LogP) is 4.05. The maximum atomic E-state index is 12.4. The van der Waals surface area contributed by atoms with Gasteiger partial charge in [0, 0.05) is 46.8 Å². The van der Waals surface area contributed by atoms with Crippen LogP contribution in [0.1, 0.15) is 36.5 Å². The van der Waals surface area contributed by atoms with Crippen molar-refractivity contribution in [1.29, 1.82) is 0 Å². The molecule has 158 valence electrons. The van der Waals surface area contributed by atoms with E-state index in [0.717, 1.165) is 36.1 Å². The number of carbonyl (C=O) groups excluding carboxylic acids is 2. The van der Waals surface area contributed by atoms with Crippen LogP contribution < -0.4 is 15.8 Å². The molecule has 0 saturated heterocycles. The molecule has 0 radical (unpaired) electrons. The number of carbonyl (C=O) groups is 2. The van der Waals surface area contributed by atoms with Crippen molar-refractivity contribution < 1.29 is 14.3 Å². The number of aromatic nitrogens is 2. The Balaban J connectivity index is 1.79. The molecule has 1 fully saturated rings. The van der Waals surface area contributed by atoms with Crippen molar-refractivity contribution >= 4 is 17.6 Å². The number of rotatable bonds is 8. The summed E-state index contributed by atoms with van der Waals surface area (Å²) in [5.41, 5.74) is 8.71. The Bertz CT molecular complexity index is 1130. The lowest BCUT2D eigenvalue weighted by Crippen LogP contribution is -2.18. The largest absolute Gasteiger partial charge is 0.493 e. The molecule has 0 bridgehead atoms. The third-order valence-electron chi connectivity index (χ3n) is 5.09. The molecular formula is C24H24N4O3. The molecule has 1 saturated carbocycles. The highest BCUT2D eigenvalue weighted by Crippen LogP contribution is 2.36. The number of amides is 2. The monoisotopic (exact) mass is 416 g/mol. The van der Waals surface area contributed by atoms with Gasteiger partial charge >= 0.3 is 0 Å². The van der Waals surface area contributed by atoms with Crippen LogP contribution in [0.25, 0.3) is 22.3 Å². The van der Waals surface area contributed by atoms with Crippen LogP contribution in [0.5, 0.6) is 5.75 Å². The predicted molar refractivity (Wildman–Crippen MR) is 119 cm³/mol. The number of benzene rings is 1. The number of ether oxygens (including phenoxy) is 1. The smallest absolute Gasteiger partial charge is 0.249 e. The van der Waals surface area contributed by atoms with Gasteiger partial charge in [0.05, 0.1) is 12.2 Å². The molecule has 2 heterocycles. The van der Waals surface area contributed by atoms with Crippen LogP contribution in [0.3, 0.4) is 0 Å². The Kier molecular flexibility index (Phi) is 5.93. The Morgan fingerprint density at radius 2 is 1.94 bits per heavy atom. The van der Waals surface area contributed by atoms with Crippen LogP contribution in [-0.4, -0.2) is 28.4 Å². The minimum Gasteiger partial charge on any atom is -0.493 e. The molecule has 0 atom stereocenters. The van der Waals surface area contributed by atoms with E-state index < -0.39 is 5.91 Å². The highest BCUT2D eigenvalue weighted by Gasteiger charge is 2.31. The van der Waals surface area contributed by atoms with E-state index in [4.69, 9.17) is 10.5 Å². The Morgan fingerprint density at radius 3 is 2.68 bits per heavy atom. The van der Waals surface area contributed by atoms with Gasteiger partial charge < -0.3 is 15.8 Å². The van der Waals surface area contributed by atoms with E-state index in [9.17, 15) is 9.59 Å². The Hall–Kier alpha value is -3.74. The zero-order valence-corrected chi connectivity index (χ0v) is 17.3. The van der Waals surface area contributed by atoms with Gasteiger partial charge in [-0.05, 0) is 37.5 Å². The summed E-state index contributed by atoms with van der Waals surface area (Å²) in [6.45, 7) is 2.66. The van der Waals surface area contributed by atoms with Crippen molar-refractivity contribution in [2.24, 2.45) is 11.7 Å². The molecule has 4 rings (SSSR count). The summed E-state index contributed by atoms with van der Waals surface area (Å²) in [5.74, 6) is 0.364. The van der Waals surface area contributed by atoms with Crippen molar-refractivity contribution in [3.05, 3.63) is 60.6 Å². The van der Waals surface area contributed by atoms with Gasteiger partial charge in [-0.15, -0.1) is 0 Å². The van der Waals surface area contributed by atoms with Crippen LogP contribution >= 0.6 is 0 Å². The topological polar surface area (TPSA) is 107 Å². The fraction of sp³-hybridized carbons (Fsp3) is 0.250. The number of para-hydroxylation sites is 1. The third kappa shape index (κ3) is 4.55. The van der Waals surface area contributed by atoms with Crippen molar-refractivity contribution in [1.82, 2.24) is 9.97 Å². The maximum Gasteiger partial charge on any atom is 0.249 e. The number of nitrogens with two attached hydrogens (primary N) is 1. The van der Waals surface area contributed by atoms with Crippen LogP contribution in [0.4, 0.5) is 5.82 Å². The lowest BCUT2D eigenvalue weighted by Gasteiger charge is -2.15. The molecule has 1 aromatic carbocycles. The lowest BCUT2D eigenvalue weighted by atomic mass is 9.98. The highest BCUT2D eigenvalue weighted by molar-refractivity contribution is 6.05. The van der Waals surface area contributed by atoms with Crippen molar-refractivity contribution in [2.45, 2.75) is 26.2 Å². The van der Waals surface area contributed by atoms with Crippen LogP contribution in [0.2, 0.25) is 0 Å². The molecule has 7 nitrogen and oxygen atoms in total. The fourth-order valence-electron chi connectivity index (χ4n) is 3.39. The van der Waals surface area contributed by atoms with Gasteiger partial charge in [0.15, 0.2) is 0 Å². The first-order valence-corrected chi connectivity index (χ1v) is 10.4. The minimum absolute atomic E-state index is 0.000986. The van der Waals surface area contributed by atoms with E-state index in [1.165, 1.54) is 6.20 Å². The number of hydrogen-bond acceptors (Lipinski definition) is 5. The van der Waals surface area contributed by atoms with Crippen molar-refractivity contribution in [3.8, 4) is 28.0 Å². The molecule has 3 aromatic rings. The normalized spacial score (nSPS) is 12.9. The van der Waals surface area contributed by atoms with Gasteiger partial charge in [-0.25, -0.2) is 4.98 Å². The summed E-state index contributed by atoms with van der Waals surface area (Å²) < 4.78 is 5.89. The van der Waals surface area contributed by atoms with Crippen LogP contribution in [0.15, 0.2) is 55.0 Å². The Morgan fingerprint density at radius 1 is 1.16 bits per heavy atom. The maximum absolute atomic E-state index is 12.4. The summed E-state index contributed by atoms with van der Waals surface area (Å²) in [6.07, 6.45) is 7.46. The molecule has 3 N–H and O–H groups in total. The standard InChI is InChI=1S/C24H24N4O3/c1-2-11-31-20-6-4-3-5-18(20)16-12-17(14-26-13-16)21-19(22(25)29)9-10-27-23(21)28-24(30)15-7-8-15/h3-6,9-10,12-15H,2,7-8,11H2,1H3,(H2,25,29)(H,27,28,30). The van der Waals surface area contributed by atoms with E-state index in [1.54, 1.807) is 18.5 Å². The van der Waals surface area contributed by atoms with E-state index in [-0.39, 0.29) is 17.4 Å². The summed E-state index contributed by atoms with van der Waals surface area (Å²) in [4.78, 5) is 33.2. The highest BCUT2D eigenvalue weighted by atomic mass is 16.5. The third-order valence-corrected chi connectivity index (χ3v) is 5.09. The molecule has 7 heteroatoms. The van der Waals surface area contributed by atoms with Crippen molar-refractivity contribution in [3.63, 3.8) is 0 Å². The Labute approximate surface area is 180 Å². The molecule has 2 amide bonds. The average Bonchev–Trinajstić information content (AvgIpc) is 3.63. The SMILES string of the molecule is CCCOc1ccccc1-c1cncc(-c2c(C(N)=O)ccnc2NC(=O)C2CC2)c1. The number of hydrogen-bond donors (Lipinski definition) is 2. The number of nitrogens with zero attached hydrogens (tertiary/aromatic N) is 2. The number of anilines is 1. The summed E-state index contributed by atoms with van der Waals surface area (Å²) in [6, 6.07) is 11.2. The quantitative estimate of drug-likeness (QED) is 0.576. The van der Waals surface area contributed by atoms with E-state index in [0.29, 0.717) is 23.6 Å². The second-order valence-electron chi connectivity index (χ2n) is 7.52. The summed E-state index contributed by atoms with van der Waals surface area (Å²) in [7, 11) is 0. The molecule has 0 spiro atoms. The van der Waals surface area contributed by atoms with Gasteiger partial charge in [-0.2, -0.15) is 0 Å². The second-order valence-corrected chi connectivity index (χ2v) is 7.52. The molecule has 31 heavy (non-hydrogen) atoms. The molecular weight excluding hydrogens is 392 g/mol. The number of pyridine rings is 2. The van der Waals surface area contributed by atoms with E-state index in [1.807, 2.05) is 30.3 Å². The fourth-order valence-corrected chi connectivity index (χ4v) is 3.39. The molecule has 1 aliphatic carbocycles.